The number of halogens is 1. The van der Waals surface area contributed by atoms with Gasteiger partial charge in [-0.3, -0.25) is 4.79 Å². The summed E-state index contributed by atoms with van der Waals surface area (Å²) in [5.41, 5.74) is 3.92. The van der Waals surface area contributed by atoms with Gasteiger partial charge in [-0.2, -0.15) is 0 Å². The summed E-state index contributed by atoms with van der Waals surface area (Å²) < 4.78 is 1.07. The van der Waals surface area contributed by atoms with Crippen LogP contribution in [0.25, 0.3) is 0 Å². The average molecular weight is 329 g/mol. The van der Waals surface area contributed by atoms with E-state index in [4.69, 9.17) is 0 Å². The summed E-state index contributed by atoms with van der Waals surface area (Å²) in [6.45, 7) is 4.04. The van der Waals surface area contributed by atoms with Crippen molar-refractivity contribution in [1.29, 1.82) is 0 Å². The van der Waals surface area contributed by atoms with Crippen molar-refractivity contribution in [2.24, 2.45) is 0 Å². The Labute approximate surface area is 128 Å². The Kier molecular flexibility index (Phi) is 3.29. The molecule has 1 aliphatic carbocycles. The third-order valence-corrected chi connectivity index (χ3v) is 5.12. The van der Waals surface area contributed by atoms with Gasteiger partial charge in [0, 0.05) is 10.0 Å². The highest BCUT2D eigenvalue weighted by Crippen LogP contribution is 2.50. The highest BCUT2D eigenvalue weighted by atomic mass is 79.9. The highest BCUT2D eigenvalue weighted by molar-refractivity contribution is 9.10. The first-order valence-electron chi connectivity index (χ1n) is 6.92. The van der Waals surface area contributed by atoms with Crippen molar-refractivity contribution in [2.45, 2.75) is 32.1 Å². The molecule has 20 heavy (non-hydrogen) atoms. The van der Waals surface area contributed by atoms with E-state index in [0.29, 0.717) is 0 Å². The fraction of sp³-hybridized carbons (Fsp3) is 0.278. The smallest absolute Gasteiger partial charge is 0.173 e. The van der Waals surface area contributed by atoms with Gasteiger partial charge in [-0.25, -0.2) is 0 Å². The third kappa shape index (κ3) is 2.12. The molecule has 1 saturated carbocycles. The number of ketones is 1. The Bertz CT molecular complexity index is 669. The fourth-order valence-corrected chi connectivity index (χ4v) is 3.27. The van der Waals surface area contributed by atoms with Gasteiger partial charge in [0.1, 0.15) is 0 Å². The second-order valence-corrected chi connectivity index (χ2v) is 6.55. The first-order chi connectivity index (χ1) is 9.54. The van der Waals surface area contributed by atoms with Crippen LogP contribution in [0.5, 0.6) is 0 Å². The number of Topliss-reactive ketones (excluding diaryl/α,β-unsaturated/α-hetero) is 1. The molecule has 0 radical (unpaired) electrons. The van der Waals surface area contributed by atoms with Crippen molar-refractivity contribution >= 4 is 21.7 Å². The summed E-state index contributed by atoms with van der Waals surface area (Å²) in [6, 6.07) is 14.2. The van der Waals surface area contributed by atoms with E-state index in [1.807, 2.05) is 44.2 Å². The molecule has 3 rings (SSSR count). The molecule has 0 aliphatic heterocycles. The molecule has 0 bridgehead atoms. The van der Waals surface area contributed by atoms with E-state index < -0.39 is 0 Å². The van der Waals surface area contributed by atoms with Crippen molar-refractivity contribution in [3.63, 3.8) is 0 Å². The van der Waals surface area contributed by atoms with Crippen LogP contribution < -0.4 is 0 Å². The molecule has 1 fully saturated rings. The number of hydrogen-bond donors (Lipinski definition) is 0. The molecule has 0 N–H and O–H groups in total. The number of rotatable bonds is 3. The van der Waals surface area contributed by atoms with Gasteiger partial charge in [0.15, 0.2) is 5.78 Å². The van der Waals surface area contributed by atoms with Crippen molar-refractivity contribution in [3.8, 4) is 0 Å². The molecule has 1 aliphatic rings. The maximum Gasteiger partial charge on any atom is 0.173 e. The zero-order valence-corrected chi connectivity index (χ0v) is 13.3. The molecule has 0 unspecified atom stereocenters. The Balaban J connectivity index is 2.04. The monoisotopic (exact) mass is 328 g/mol. The number of carbonyl (C=O) groups excluding carboxylic acids is 1. The predicted octanol–water partition coefficient (Wildman–Crippen LogP) is 4.98. The summed E-state index contributed by atoms with van der Waals surface area (Å²) in [5.74, 6) is 0.275. The van der Waals surface area contributed by atoms with Crippen molar-refractivity contribution in [2.75, 3.05) is 0 Å². The molecule has 0 saturated heterocycles. The first kappa shape index (κ1) is 13.6. The molecule has 2 heteroatoms. The van der Waals surface area contributed by atoms with Crippen LogP contribution in [0.2, 0.25) is 0 Å². The topological polar surface area (TPSA) is 17.1 Å². The molecule has 0 amide bonds. The maximum absolute atomic E-state index is 13.0. The van der Waals surface area contributed by atoms with E-state index in [1.165, 1.54) is 0 Å². The van der Waals surface area contributed by atoms with Gasteiger partial charge in [0.2, 0.25) is 0 Å². The second-order valence-electron chi connectivity index (χ2n) is 5.69. The Morgan fingerprint density at radius 2 is 1.70 bits per heavy atom. The van der Waals surface area contributed by atoms with Crippen LogP contribution in [0.3, 0.4) is 0 Å². The largest absolute Gasteiger partial charge is 0.293 e. The fourth-order valence-electron chi connectivity index (χ4n) is 2.81. The highest BCUT2D eigenvalue weighted by Gasteiger charge is 2.51. The standard InChI is InChI=1S/C18H17BrO/c1-12-11-16(19)13(2)10-15(12)17(20)18(8-9-18)14-6-4-3-5-7-14/h3-7,10-11H,8-9H2,1-2H3. The molecule has 0 spiro atoms. The van der Waals surface area contributed by atoms with Crippen LogP contribution in [-0.2, 0) is 5.41 Å². The lowest BCUT2D eigenvalue weighted by molar-refractivity contribution is 0.0945. The van der Waals surface area contributed by atoms with Gasteiger partial charge in [-0.1, -0.05) is 46.3 Å². The quantitative estimate of drug-likeness (QED) is 0.726. The minimum Gasteiger partial charge on any atom is -0.293 e. The SMILES string of the molecule is Cc1cc(C(=O)C2(c3ccccc3)CC2)c(C)cc1Br. The van der Waals surface area contributed by atoms with E-state index >= 15 is 0 Å². The zero-order chi connectivity index (χ0) is 14.3. The molecule has 1 nitrogen and oxygen atoms in total. The Morgan fingerprint density at radius 1 is 1.05 bits per heavy atom. The van der Waals surface area contributed by atoms with E-state index in [2.05, 4.69) is 28.1 Å². The second kappa shape index (κ2) is 4.85. The predicted molar refractivity (Wildman–Crippen MR) is 85.3 cm³/mol. The normalized spacial score (nSPS) is 15.9. The average Bonchev–Trinajstić information content (AvgIpc) is 3.25. The van der Waals surface area contributed by atoms with Gasteiger partial charge in [-0.05, 0) is 55.5 Å². The molecule has 2 aromatic carbocycles. The van der Waals surface area contributed by atoms with Gasteiger partial charge in [-0.15, -0.1) is 0 Å². The van der Waals surface area contributed by atoms with E-state index in [-0.39, 0.29) is 11.2 Å². The number of hydrogen-bond acceptors (Lipinski definition) is 1. The zero-order valence-electron chi connectivity index (χ0n) is 11.7. The summed E-state index contributed by atoms with van der Waals surface area (Å²) in [5, 5.41) is 0. The maximum atomic E-state index is 13.0. The van der Waals surface area contributed by atoms with Crippen LogP contribution in [-0.4, -0.2) is 5.78 Å². The summed E-state index contributed by atoms with van der Waals surface area (Å²) in [6.07, 6.45) is 1.93. The van der Waals surface area contributed by atoms with Crippen LogP contribution in [0.4, 0.5) is 0 Å². The molecule has 0 aromatic heterocycles. The van der Waals surface area contributed by atoms with Gasteiger partial charge < -0.3 is 0 Å². The van der Waals surface area contributed by atoms with Crippen LogP contribution in [0.1, 0.15) is 39.9 Å². The van der Waals surface area contributed by atoms with Crippen molar-refractivity contribution in [3.05, 3.63) is 69.2 Å². The Morgan fingerprint density at radius 3 is 2.30 bits per heavy atom. The minimum absolute atomic E-state index is 0.272. The third-order valence-electron chi connectivity index (χ3n) is 4.26. The number of benzene rings is 2. The molecule has 0 heterocycles. The minimum atomic E-state index is -0.272. The van der Waals surface area contributed by atoms with Gasteiger partial charge in [0.05, 0.1) is 5.41 Å². The van der Waals surface area contributed by atoms with Crippen LogP contribution in [0, 0.1) is 13.8 Å². The molecule has 2 aromatic rings. The van der Waals surface area contributed by atoms with Crippen LogP contribution >= 0.6 is 15.9 Å². The van der Waals surface area contributed by atoms with Gasteiger partial charge >= 0.3 is 0 Å². The van der Waals surface area contributed by atoms with E-state index in [0.717, 1.165) is 39.6 Å². The van der Waals surface area contributed by atoms with E-state index in [1.54, 1.807) is 0 Å². The summed E-state index contributed by atoms with van der Waals surface area (Å²) in [4.78, 5) is 13.0. The summed E-state index contributed by atoms with van der Waals surface area (Å²) in [7, 11) is 0. The lowest BCUT2D eigenvalue weighted by Gasteiger charge is -2.17. The van der Waals surface area contributed by atoms with Gasteiger partial charge in [0.25, 0.3) is 0 Å². The molecule has 0 atom stereocenters. The number of carbonyl (C=O) groups is 1. The van der Waals surface area contributed by atoms with Crippen LogP contribution in [0.15, 0.2) is 46.9 Å². The Hall–Kier alpha value is -1.41. The lowest BCUT2D eigenvalue weighted by Crippen LogP contribution is -2.21. The first-order valence-corrected chi connectivity index (χ1v) is 7.71. The molecular weight excluding hydrogens is 312 g/mol. The van der Waals surface area contributed by atoms with Crippen molar-refractivity contribution in [1.82, 2.24) is 0 Å². The molecular formula is C18H17BrO. The summed E-state index contributed by atoms with van der Waals surface area (Å²) >= 11 is 3.53. The molecule has 102 valence electrons. The lowest BCUT2D eigenvalue weighted by atomic mass is 9.85. The number of aryl methyl sites for hydroxylation is 2. The van der Waals surface area contributed by atoms with Crippen molar-refractivity contribution < 1.29 is 4.79 Å². The van der Waals surface area contributed by atoms with E-state index in [9.17, 15) is 4.79 Å².